The first-order chi connectivity index (χ1) is 11.2. The average molecular weight is 328 g/mol. The minimum atomic E-state index is -2.26. The highest BCUT2D eigenvalue weighted by atomic mass is 32.2. The van der Waals surface area contributed by atoms with Crippen molar-refractivity contribution in [2.45, 2.75) is 6.54 Å². The number of benzene rings is 2. The van der Waals surface area contributed by atoms with Gasteiger partial charge >= 0.3 is 0 Å². The maximum Gasteiger partial charge on any atom is 0.121 e. The molecule has 0 spiro atoms. The third-order valence-corrected chi connectivity index (χ3v) is 3.85. The molecule has 1 heterocycles. The zero-order valence-electron chi connectivity index (χ0n) is 12.4. The minimum Gasteiger partial charge on any atom is -0.760 e. The number of ether oxygens (including phenoxy) is 1. The van der Waals surface area contributed by atoms with Gasteiger partial charge in [-0.05, 0) is 17.7 Å². The van der Waals surface area contributed by atoms with Crippen LogP contribution in [0, 0.1) is 0 Å². The van der Waals surface area contributed by atoms with Crippen molar-refractivity contribution in [3.63, 3.8) is 0 Å². The van der Waals surface area contributed by atoms with E-state index in [9.17, 15) is 8.76 Å². The number of hydrogen-bond acceptors (Lipinski definition) is 5. The van der Waals surface area contributed by atoms with E-state index in [-0.39, 0.29) is 6.54 Å². The number of rotatable bonds is 5. The number of fused-ring (bicyclic) bond motifs is 1. The Morgan fingerprint density at radius 1 is 1.17 bits per heavy atom. The Morgan fingerprint density at radius 3 is 2.65 bits per heavy atom. The van der Waals surface area contributed by atoms with Crippen molar-refractivity contribution in [3.8, 4) is 17.0 Å². The molecule has 1 N–H and O–H groups in total. The molecule has 3 aromatic rings. The molecular weight excluding hydrogens is 314 g/mol. The topological polar surface area (TPSA) is 87.2 Å². The van der Waals surface area contributed by atoms with Gasteiger partial charge in [-0.3, -0.25) is 4.21 Å². The van der Waals surface area contributed by atoms with Gasteiger partial charge in [-0.15, -0.1) is 0 Å². The Hall–Kier alpha value is -2.35. The van der Waals surface area contributed by atoms with Crippen molar-refractivity contribution in [3.05, 3.63) is 54.4 Å². The second kappa shape index (κ2) is 6.82. The lowest BCUT2D eigenvalue weighted by Gasteiger charge is -2.09. The van der Waals surface area contributed by atoms with Gasteiger partial charge in [0.25, 0.3) is 0 Å². The molecule has 7 heteroatoms. The predicted molar refractivity (Wildman–Crippen MR) is 87.3 cm³/mol. The molecule has 23 heavy (non-hydrogen) atoms. The van der Waals surface area contributed by atoms with Crippen LogP contribution >= 0.6 is 0 Å². The molecule has 118 valence electrons. The van der Waals surface area contributed by atoms with Crippen LogP contribution in [0.4, 0.5) is 0 Å². The first-order valence-electron chi connectivity index (χ1n) is 6.88. The largest absolute Gasteiger partial charge is 0.760 e. The molecule has 0 bridgehead atoms. The Morgan fingerprint density at radius 2 is 1.96 bits per heavy atom. The van der Waals surface area contributed by atoms with Crippen LogP contribution in [0.2, 0.25) is 0 Å². The summed E-state index contributed by atoms with van der Waals surface area (Å²) in [6, 6.07) is 13.2. The maximum atomic E-state index is 10.5. The Labute approximate surface area is 136 Å². The highest BCUT2D eigenvalue weighted by Crippen LogP contribution is 2.27. The number of aromatic nitrogens is 2. The van der Waals surface area contributed by atoms with Crippen LogP contribution in [0.3, 0.4) is 0 Å². The molecule has 0 radical (unpaired) electrons. The maximum absolute atomic E-state index is 10.5. The van der Waals surface area contributed by atoms with E-state index in [2.05, 4.69) is 14.7 Å². The zero-order chi connectivity index (χ0) is 16.2. The normalized spacial score (nSPS) is 12.3. The van der Waals surface area contributed by atoms with Crippen LogP contribution in [0.1, 0.15) is 5.56 Å². The quantitative estimate of drug-likeness (QED) is 0.725. The van der Waals surface area contributed by atoms with Crippen molar-refractivity contribution in [1.29, 1.82) is 0 Å². The third-order valence-electron chi connectivity index (χ3n) is 3.47. The summed E-state index contributed by atoms with van der Waals surface area (Å²) in [5.74, 6) is 0.745. The van der Waals surface area contributed by atoms with Gasteiger partial charge in [-0.25, -0.2) is 14.7 Å². The van der Waals surface area contributed by atoms with Gasteiger partial charge in [0.1, 0.15) is 12.1 Å². The lowest BCUT2D eigenvalue weighted by atomic mass is 10.0. The summed E-state index contributed by atoms with van der Waals surface area (Å²) in [5.41, 5.74) is 3.44. The molecule has 1 aromatic heterocycles. The number of nitrogens with zero attached hydrogens (tertiary/aromatic N) is 2. The first kappa shape index (κ1) is 15.5. The van der Waals surface area contributed by atoms with E-state index < -0.39 is 11.3 Å². The van der Waals surface area contributed by atoms with Crippen molar-refractivity contribution < 1.29 is 13.5 Å². The molecule has 0 aliphatic heterocycles. The van der Waals surface area contributed by atoms with Gasteiger partial charge in [0.05, 0.1) is 18.3 Å². The predicted octanol–water partition coefficient (Wildman–Crippen LogP) is 2.19. The van der Waals surface area contributed by atoms with Crippen molar-refractivity contribution >= 4 is 22.2 Å². The highest BCUT2D eigenvalue weighted by Gasteiger charge is 2.07. The summed E-state index contributed by atoms with van der Waals surface area (Å²) in [6.45, 7) is 0.262. The summed E-state index contributed by atoms with van der Waals surface area (Å²) in [4.78, 5) is 8.64. The first-order valence-corrected chi connectivity index (χ1v) is 7.95. The fourth-order valence-electron chi connectivity index (χ4n) is 2.32. The molecule has 1 unspecified atom stereocenters. The van der Waals surface area contributed by atoms with Crippen LogP contribution in [0.5, 0.6) is 5.75 Å². The fourth-order valence-corrected chi connectivity index (χ4v) is 2.60. The van der Waals surface area contributed by atoms with E-state index in [1.54, 1.807) is 7.11 Å². The van der Waals surface area contributed by atoms with Crippen LogP contribution in [0.15, 0.2) is 48.8 Å². The summed E-state index contributed by atoms with van der Waals surface area (Å²) >= 11 is -2.26. The van der Waals surface area contributed by atoms with Crippen molar-refractivity contribution in [1.82, 2.24) is 14.7 Å². The number of nitrogens with one attached hydrogen (secondary N) is 1. The zero-order valence-corrected chi connectivity index (χ0v) is 13.2. The van der Waals surface area contributed by atoms with Gasteiger partial charge in [0, 0.05) is 34.8 Å². The molecule has 1 atom stereocenters. The van der Waals surface area contributed by atoms with Gasteiger partial charge in [-0.1, -0.05) is 24.3 Å². The summed E-state index contributed by atoms with van der Waals surface area (Å²) in [6.07, 6.45) is 1.52. The van der Waals surface area contributed by atoms with Crippen LogP contribution in [0.25, 0.3) is 22.2 Å². The lowest BCUT2D eigenvalue weighted by molar-refractivity contribution is 0.415. The van der Waals surface area contributed by atoms with E-state index >= 15 is 0 Å². The van der Waals surface area contributed by atoms with Gasteiger partial charge < -0.3 is 9.29 Å². The van der Waals surface area contributed by atoms with E-state index in [0.717, 1.165) is 33.5 Å². The van der Waals surface area contributed by atoms with Crippen LogP contribution < -0.4 is 9.46 Å². The summed E-state index contributed by atoms with van der Waals surface area (Å²) in [7, 11) is 1.62. The SMILES string of the molecule is COc1ccc2c(-c3ccc(CNS(=O)[O-])cc3)ncnc2c1. The third kappa shape index (κ3) is 3.53. The minimum absolute atomic E-state index is 0.262. The highest BCUT2D eigenvalue weighted by molar-refractivity contribution is 7.77. The molecule has 0 fully saturated rings. The standard InChI is InChI=1S/C16H15N3O3S/c1-22-13-6-7-14-15(8-13)17-10-18-16(14)12-4-2-11(3-5-12)9-19-23(20)21/h2-8,10,19H,9H2,1H3,(H,20,21)/p-1. The van der Waals surface area contributed by atoms with E-state index in [1.165, 1.54) is 6.33 Å². The molecule has 0 amide bonds. The van der Waals surface area contributed by atoms with Crippen LogP contribution in [-0.2, 0) is 17.8 Å². The Bertz CT molecular complexity index is 853. The Balaban J connectivity index is 1.95. The molecule has 0 aliphatic carbocycles. The van der Waals surface area contributed by atoms with Gasteiger partial charge in [0.15, 0.2) is 0 Å². The average Bonchev–Trinajstić information content (AvgIpc) is 2.59. The van der Waals surface area contributed by atoms with E-state index in [4.69, 9.17) is 4.74 Å². The van der Waals surface area contributed by atoms with Crippen LogP contribution in [-0.4, -0.2) is 25.8 Å². The molecule has 2 aromatic carbocycles. The monoisotopic (exact) mass is 328 g/mol. The molecule has 0 saturated heterocycles. The second-order valence-corrected chi connectivity index (χ2v) is 5.62. The van der Waals surface area contributed by atoms with E-state index in [1.807, 2.05) is 42.5 Å². The van der Waals surface area contributed by atoms with Crippen molar-refractivity contribution in [2.24, 2.45) is 0 Å². The summed E-state index contributed by atoms with van der Waals surface area (Å²) in [5, 5.41) is 0.930. The second-order valence-electron chi connectivity index (χ2n) is 4.86. The van der Waals surface area contributed by atoms with Gasteiger partial charge in [0.2, 0.25) is 0 Å². The summed E-state index contributed by atoms with van der Waals surface area (Å²) < 4.78 is 28.6. The van der Waals surface area contributed by atoms with E-state index in [0.29, 0.717) is 0 Å². The fraction of sp³-hybridized carbons (Fsp3) is 0.125. The number of hydrogen-bond donors (Lipinski definition) is 1. The lowest BCUT2D eigenvalue weighted by Crippen LogP contribution is -2.15. The van der Waals surface area contributed by atoms with Crippen molar-refractivity contribution in [2.75, 3.05) is 7.11 Å². The molecule has 3 rings (SSSR count). The van der Waals surface area contributed by atoms with Gasteiger partial charge in [-0.2, -0.15) is 0 Å². The Kier molecular flexibility index (Phi) is 4.61. The molecule has 0 aliphatic rings. The number of methoxy groups -OCH3 is 1. The smallest absolute Gasteiger partial charge is 0.121 e. The molecular formula is C16H14N3O3S-. The molecule has 6 nitrogen and oxygen atoms in total. The molecule has 0 saturated carbocycles.